The second-order valence-electron chi connectivity index (χ2n) is 9.46. The summed E-state index contributed by atoms with van der Waals surface area (Å²) in [6, 6.07) is 15.1. The molecule has 0 unspecified atom stereocenters. The van der Waals surface area contributed by atoms with E-state index in [0.29, 0.717) is 6.04 Å². The molecule has 6 nitrogen and oxygen atoms in total. The second-order valence-corrected chi connectivity index (χ2v) is 10.4. The van der Waals surface area contributed by atoms with Crippen LogP contribution in [0.4, 0.5) is 17.6 Å². The summed E-state index contributed by atoms with van der Waals surface area (Å²) >= 11 is 3.52. The molecule has 0 bridgehead atoms. The first-order valence-electron chi connectivity index (χ1n) is 12.4. The molecule has 2 fully saturated rings. The van der Waals surface area contributed by atoms with E-state index in [1.54, 1.807) is 12.1 Å². The summed E-state index contributed by atoms with van der Waals surface area (Å²) < 4.78 is 51.6. The smallest absolute Gasteiger partial charge is 0.475 e. The number of hydrogen-bond donors (Lipinski definition) is 2. The first kappa shape index (κ1) is 30.0. The Morgan fingerprint density at radius 3 is 2.18 bits per heavy atom. The molecule has 0 spiro atoms. The van der Waals surface area contributed by atoms with Crippen molar-refractivity contribution >= 4 is 27.8 Å². The predicted molar refractivity (Wildman–Crippen MR) is 137 cm³/mol. The highest BCUT2D eigenvalue weighted by Gasteiger charge is 2.39. The van der Waals surface area contributed by atoms with Gasteiger partial charge in [-0.25, -0.2) is 9.18 Å². The molecule has 2 aliphatic rings. The van der Waals surface area contributed by atoms with Crippen molar-refractivity contribution in [2.75, 3.05) is 26.3 Å². The minimum atomic E-state index is -5.08. The summed E-state index contributed by atoms with van der Waals surface area (Å²) in [6.07, 6.45) is -2.22. The molecule has 2 aromatic rings. The number of nitrogens with zero attached hydrogens (tertiary/aromatic N) is 1. The summed E-state index contributed by atoms with van der Waals surface area (Å²) in [7, 11) is 0. The number of nitrogens with one attached hydrogen (secondary N) is 1. The molecule has 1 aliphatic carbocycles. The van der Waals surface area contributed by atoms with E-state index in [4.69, 9.17) is 14.6 Å². The third-order valence-electron chi connectivity index (χ3n) is 6.99. The monoisotopic (exact) mass is 602 g/mol. The van der Waals surface area contributed by atoms with E-state index < -0.39 is 12.1 Å². The van der Waals surface area contributed by atoms with Crippen molar-refractivity contribution in [3.8, 4) is 0 Å². The molecule has 1 saturated heterocycles. The van der Waals surface area contributed by atoms with Crippen molar-refractivity contribution in [1.82, 2.24) is 10.2 Å². The third-order valence-corrected chi connectivity index (χ3v) is 7.52. The summed E-state index contributed by atoms with van der Waals surface area (Å²) in [6.45, 7) is 5.47. The van der Waals surface area contributed by atoms with Crippen molar-refractivity contribution < 1.29 is 37.0 Å². The van der Waals surface area contributed by atoms with E-state index >= 15 is 0 Å². The van der Waals surface area contributed by atoms with Crippen molar-refractivity contribution in [1.29, 1.82) is 0 Å². The van der Waals surface area contributed by atoms with Gasteiger partial charge in [0.25, 0.3) is 0 Å². The molecule has 38 heavy (non-hydrogen) atoms. The van der Waals surface area contributed by atoms with E-state index in [1.165, 1.54) is 17.7 Å². The minimum Gasteiger partial charge on any atom is -0.475 e. The van der Waals surface area contributed by atoms with Crippen LogP contribution in [0.15, 0.2) is 53.0 Å². The van der Waals surface area contributed by atoms with Gasteiger partial charge in [0, 0.05) is 29.5 Å². The Hall–Kier alpha value is -2.50. The molecule has 11 heteroatoms. The second kappa shape index (κ2) is 13.5. The molecule has 4 rings (SSSR count). The number of morpholine rings is 1. The lowest BCUT2D eigenvalue weighted by molar-refractivity contribution is -0.192. The van der Waals surface area contributed by atoms with Crippen LogP contribution in [0.25, 0.3) is 0 Å². The van der Waals surface area contributed by atoms with Gasteiger partial charge in [0.2, 0.25) is 5.91 Å². The van der Waals surface area contributed by atoms with Crippen LogP contribution in [0.2, 0.25) is 0 Å². The Morgan fingerprint density at radius 1 is 1.05 bits per heavy atom. The molecule has 1 aliphatic heterocycles. The zero-order valence-corrected chi connectivity index (χ0v) is 22.5. The number of carbonyl (C=O) groups excluding carboxylic acids is 1. The number of benzene rings is 2. The van der Waals surface area contributed by atoms with Gasteiger partial charge in [0.1, 0.15) is 5.82 Å². The highest BCUT2D eigenvalue weighted by molar-refractivity contribution is 9.10. The number of ether oxygens (including phenoxy) is 1. The number of carbonyl (C=O) groups is 2. The predicted octanol–water partition coefficient (Wildman–Crippen LogP) is 5.68. The Labute approximate surface area is 227 Å². The number of carboxylic acids is 1. The highest BCUT2D eigenvalue weighted by atomic mass is 79.9. The van der Waals surface area contributed by atoms with Gasteiger partial charge < -0.3 is 15.2 Å². The van der Waals surface area contributed by atoms with Crippen molar-refractivity contribution in [2.45, 2.75) is 50.4 Å². The number of amides is 1. The number of halogens is 5. The summed E-state index contributed by atoms with van der Waals surface area (Å²) in [5, 5.41) is 10.3. The van der Waals surface area contributed by atoms with Gasteiger partial charge in [-0.2, -0.15) is 13.2 Å². The maximum Gasteiger partial charge on any atom is 0.490 e. The first-order valence-corrected chi connectivity index (χ1v) is 13.2. The van der Waals surface area contributed by atoms with Gasteiger partial charge >= 0.3 is 12.1 Å². The summed E-state index contributed by atoms with van der Waals surface area (Å²) in [5.74, 6) is -2.83. The average molecular weight is 603 g/mol. The fourth-order valence-corrected chi connectivity index (χ4v) is 5.23. The molecule has 1 amide bonds. The van der Waals surface area contributed by atoms with E-state index in [9.17, 15) is 22.4 Å². The molecule has 0 aromatic heterocycles. The fourth-order valence-electron chi connectivity index (χ4n) is 4.97. The molecular formula is C27H31BrF4N2O4. The van der Waals surface area contributed by atoms with Crippen LogP contribution in [-0.2, 0) is 14.3 Å². The van der Waals surface area contributed by atoms with Crippen LogP contribution in [0.1, 0.15) is 49.3 Å². The first-order chi connectivity index (χ1) is 18.0. The summed E-state index contributed by atoms with van der Waals surface area (Å²) in [5.41, 5.74) is 2.13. The molecule has 2 aromatic carbocycles. The summed E-state index contributed by atoms with van der Waals surface area (Å²) in [4.78, 5) is 24.8. The maximum absolute atomic E-state index is 13.4. The Morgan fingerprint density at radius 2 is 1.63 bits per heavy atom. The minimum absolute atomic E-state index is 0.0682. The maximum atomic E-state index is 13.4. The van der Waals surface area contributed by atoms with Crippen LogP contribution in [0, 0.1) is 11.7 Å². The molecule has 1 saturated carbocycles. The number of rotatable bonds is 5. The Kier molecular flexibility index (Phi) is 10.7. The van der Waals surface area contributed by atoms with Crippen molar-refractivity contribution in [3.05, 3.63) is 69.9 Å². The van der Waals surface area contributed by atoms with E-state index in [0.717, 1.165) is 55.6 Å². The fraction of sp³-hybridized carbons (Fsp3) is 0.481. The zero-order chi connectivity index (χ0) is 27.9. The van der Waals surface area contributed by atoms with Crippen LogP contribution in [0.5, 0.6) is 0 Å². The molecule has 208 valence electrons. The zero-order valence-electron chi connectivity index (χ0n) is 20.9. The molecule has 1 heterocycles. The van der Waals surface area contributed by atoms with Crippen molar-refractivity contribution in [3.63, 3.8) is 0 Å². The molecule has 2 N–H and O–H groups in total. The van der Waals surface area contributed by atoms with Gasteiger partial charge in [0.05, 0.1) is 19.3 Å². The molecular weight excluding hydrogens is 572 g/mol. The van der Waals surface area contributed by atoms with Crippen LogP contribution < -0.4 is 5.32 Å². The Balaban J connectivity index is 0.000000505. The van der Waals surface area contributed by atoms with Crippen LogP contribution >= 0.6 is 15.9 Å². The highest BCUT2D eigenvalue weighted by Crippen LogP contribution is 2.40. The normalized spacial score (nSPS) is 23.1. The number of aliphatic carboxylic acids is 1. The number of carboxylic acid groups (broad SMARTS) is 1. The van der Waals surface area contributed by atoms with E-state index in [1.807, 2.05) is 6.92 Å². The number of alkyl halides is 3. The lowest BCUT2D eigenvalue weighted by Gasteiger charge is -2.42. The number of hydrogen-bond acceptors (Lipinski definition) is 4. The van der Waals surface area contributed by atoms with Crippen molar-refractivity contribution in [2.24, 2.45) is 5.92 Å². The lowest BCUT2D eigenvalue weighted by atomic mass is 9.72. The third kappa shape index (κ3) is 8.51. The molecule has 0 radical (unpaired) electrons. The van der Waals surface area contributed by atoms with Gasteiger partial charge in [-0.15, -0.1) is 0 Å². The largest absolute Gasteiger partial charge is 0.490 e. The molecule has 4 atom stereocenters. The van der Waals surface area contributed by atoms with E-state index in [-0.39, 0.29) is 29.6 Å². The topological polar surface area (TPSA) is 78.9 Å². The SMILES string of the molecule is C[C@@H](NC(=O)[C@@H]1CC[C@@H](N2CCOCC2)C[C@H]1c1ccc(Br)cc1)c1ccc(F)cc1.O=C(O)C(F)(F)F. The lowest BCUT2D eigenvalue weighted by Crippen LogP contribution is -2.48. The standard InChI is InChI=1S/C25H30BrFN2O2.C2HF3O2/c1-17(18-4-8-21(27)9-5-18)28-25(30)23-11-10-22(29-12-14-31-15-13-29)16-24(23)19-2-6-20(26)7-3-19;3-2(4,5)1(6)7/h2-9,17,22-24H,10-16H2,1H3,(H,28,30);(H,6,7)/t17-,22-,23-,24+;/m1./s1. The van der Waals surface area contributed by atoms with Gasteiger partial charge in [-0.3, -0.25) is 9.69 Å². The van der Waals surface area contributed by atoms with Gasteiger partial charge in [-0.05, 0) is 67.5 Å². The average Bonchev–Trinajstić information content (AvgIpc) is 2.89. The van der Waals surface area contributed by atoms with E-state index in [2.05, 4.69) is 50.4 Å². The van der Waals surface area contributed by atoms with Crippen LogP contribution in [0.3, 0.4) is 0 Å². The van der Waals surface area contributed by atoms with Gasteiger partial charge in [0.15, 0.2) is 0 Å². The quantitative estimate of drug-likeness (QED) is 0.430. The van der Waals surface area contributed by atoms with Crippen LogP contribution in [-0.4, -0.2) is 60.4 Å². The Bertz CT molecular complexity index is 1060. The van der Waals surface area contributed by atoms with Gasteiger partial charge in [-0.1, -0.05) is 40.2 Å².